The standard InChI is InChI=1S/C26H45NO4S/c1-3-5-7-9-11-13-19-30-25-16-15-24(27-17-21-32(28,29)22-18-27)23-26(25)31-20-14-12-10-8-6-4-2/h15-16,23H,3-14,17-22H2,1-2H3. The number of anilines is 1. The molecule has 1 heterocycles. The Hall–Kier alpha value is -1.43. The van der Waals surface area contributed by atoms with Gasteiger partial charge >= 0.3 is 0 Å². The highest BCUT2D eigenvalue weighted by Crippen LogP contribution is 2.33. The van der Waals surface area contributed by atoms with Crippen LogP contribution in [0.1, 0.15) is 90.9 Å². The number of unbranched alkanes of at least 4 members (excludes halogenated alkanes) is 10. The Labute approximate surface area is 196 Å². The Bertz CT molecular complexity index is 721. The van der Waals surface area contributed by atoms with Crippen LogP contribution in [0.25, 0.3) is 0 Å². The van der Waals surface area contributed by atoms with Gasteiger partial charge in [-0.05, 0) is 25.0 Å². The van der Waals surface area contributed by atoms with E-state index in [1.54, 1.807) is 0 Å². The number of hydrogen-bond donors (Lipinski definition) is 0. The fourth-order valence-electron chi connectivity index (χ4n) is 4.03. The van der Waals surface area contributed by atoms with Crippen molar-refractivity contribution >= 4 is 15.5 Å². The fraction of sp³-hybridized carbons (Fsp3) is 0.769. The van der Waals surface area contributed by atoms with Gasteiger partial charge in [0.25, 0.3) is 0 Å². The van der Waals surface area contributed by atoms with Crippen molar-refractivity contribution in [2.45, 2.75) is 90.9 Å². The molecule has 0 saturated carbocycles. The van der Waals surface area contributed by atoms with Crippen LogP contribution in [0, 0.1) is 0 Å². The number of nitrogens with zero attached hydrogens (tertiary/aromatic N) is 1. The van der Waals surface area contributed by atoms with E-state index in [2.05, 4.69) is 18.7 Å². The van der Waals surface area contributed by atoms with Crippen LogP contribution in [-0.2, 0) is 9.84 Å². The first-order valence-corrected chi connectivity index (χ1v) is 14.7. The molecule has 0 radical (unpaired) electrons. The molecule has 2 rings (SSSR count). The molecule has 0 spiro atoms. The summed E-state index contributed by atoms with van der Waals surface area (Å²) in [6.45, 7) is 6.95. The van der Waals surface area contributed by atoms with Gasteiger partial charge in [-0.1, -0.05) is 78.1 Å². The Kier molecular flexibility index (Phi) is 12.9. The van der Waals surface area contributed by atoms with Crippen LogP contribution < -0.4 is 14.4 Å². The fourth-order valence-corrected chi connectivity index (χ4v) is 5.23. The number of benzene rings is 1. The zero-order chi connectivity index (χ0) is 23.1. The molecular formula is C26H45NO4S. The van der Waals surface area contributed by atoms with Crippen molar-refractivity contribution in [2.24, 2.45) is 0 Å². The van der Waals surface area contributed by atoms with Crippen molar-refractivity contribution < 1.29 is 17.9 Å². The molecule has 6 heteroatoms. The molecule has 1 aliphatic heterocycles. The van der Waals surface area contributed by atoms with E-state index in [9.17, 15) is 8.42 Å². The maximum Gasteiger partial charge on any atom is 0.163 e. The molecule has 5 nitrogen and oxygen atoms in total. The second-order valence-electron chi connectivity index (χ2n) is 9.00. The summed E-state index contributed by atoms with van der Waals surface area (Å²) < 4.78 is 35.8. The van der Waals surface area contributed by atoms with Gasteiger partial charge in [-0.2, -0.15) is 0 Å². The first kappa shape index (κ1) is 26.8. The topological polar surface area (TPSA) is 55.8 Å². The zero-order valence-electron chi connectivity index (χ0n) is 20.4. The molecule has 0 N–H and O–H groups in total. The average Bonchev–Trinajstić information content (AvgIpc) is 2.78. The third-order valence-electron chi connectivity index (χ3n) is 6.15. The van der Waals surface area contributed by atoms with Gasteiger partial charge in [-0.3, -0.25) is 0 Å². The summed E-state index contributed by atoms with van der Waals surface area (Å²) in [7, 11) is -2.89. The number of sulfone groups is 1. The van der Waals surface area contributed by atoms with E-state index in [1.165, 1.54) is 64.2 Å². The van der Waals surface area contributed by atoms with Gasteiger partial charge < -0.3 is 14.4 Å². The van der Waals surface area contributed by atoms with Crippen molar-refractivity contribution in [3.8, 4) is 11.5 Å². The Balaban J connectivity index is 1.89. The summed E-state index contributed by atoms with van der Waals surface area (Å²) in [4.78, 5) is 2.14. The van der Waals surface area contributed by atoms with E-state index in [4.69, 9.17) is 9.47 Å². The lowest BCUT2D eigenvalue weighted by Crippen LogP contribution is -2.40. The molecule has 0 aromatic heterocycles. The molecule has 184 valence electrons. The Morgan fingerprint density at radius 1 is 0.719 bits per heavy atom. The molecule has 1 fully saturated rings. The van der Waals surface area contributed by atoms with Crippen LogP contribution >= 0.6 is 0 Å². The van der Waals surface area contributed by atoms with Crippen LogP contribution in [0.3, 0.4) is 0 Å². The van der Waals surface area contributed by atoms with Crippen LogP contribution in [0.4, 0.5) is 5.69 Å². The smallest absolute Gasteiger partial charge is 0.163 e. The number of hydrogen-bond acceptors (Lipinski definition) is 5. The lowest BCUT2D eigenvalue weighted by atomic mass is 10.1. The van der Waals surface area contributed by atoms with E-state index in [-0.39, 0.29) is 11.5 Å². The van der Waals surface area contributed by atoms with Crippen LogP contribution in [-0.4, -0.2) is 46.2 Å². The monoisotopic (exact) mass is 467 g/mol. The van der Waals surface area contributed by atoms with Crippen molar-refractivity contribution in [3.63, 3.8) is 0 Å². The molecule has 1 saturated heterocycles. The second kappa shape index (κ2) is 15.4. The van der Waals surface area contributed by atoms with Crippen LogP contribution in [0.5, 0.6) is 11.5 Å². The van der Waals surface area contributed by atoms with Gasteiger partial charge in [0.1, 0.15) is 0 Å². The van der Waals surface area contributed by atoms with E-state index >= 15 is 0 Å². The summed E-state index contributed by atoms with van der Waals surface area (Å²) in [5, 5.41) is 0. The maximum absolute atomic E-state index is 11.8. The lowest BCUT2D eigenvalue weighted by molar-refractivity contribution is 0.258. The predicted octanol–water partition coefficient (Wildman–Crippen LogP) is 6.40. The normalized spacial score (nSPS) is 15.6. The van der Waals surface area contributed by atoms with Gasteiger partial charge in [-0.15, -0.1) is 0 Å². The lowest BCUT2D eigenvalue weighted by Gasteiger charge is -2.29. The molecular weight excluding hydrogens is 422 g/mol. The number of rotatable bonds is 17. The predicted molar refractivity (Wildman–Crippen MR) is 135 cm³/mol. The third kappa shape index (κ3) is 10.5. The van der Waals surface area contributed by atoms with Crippen LogP contribution in [0.15, 0.2) is 18.2 Å². The summed E-state index contributed by atoms with van der Waals surface area (Å²) in [6, 6.07) is 6.06. The average molecular weight is 468 g/mol. The summed E-state index contributed by atoms with van der Waals surface area (Å²) in [5.74, 6) is 2.03. The first-order valence-electron chi connectivity index (χ1n) is 12.9. The zero-order valence-corrected chi connectivity index (χ0v) is 21.3. The van der Waals surface area contributed by atoms with Gasteiger partial charge in [0.2, 0.25) is 0 Å². The second-order valence-corrected chi connectivity index (χ2v) is 11.3. The third-order valence-corrected chi connectivity index (χ3v) is 7.76. The highest BCUT2D eigenvalue weighted by atomic mass is 32.2. The quantitative estimate of drug-likeness (QED) is 0.248. The first-order chi connectivity index (χ1) is 15.6. The number of ether oxygens (including phenoxy) is 2. The Morgan fingerprint density at radius 2 is 1.22 bits per heavy atom. The van der Waals surface area contributed by atoms with Crippen molar-refractivity contribution in [2.75, 3.05) is 42.7 Å². The van der Waals surface area contributed by atoms with Crippen LogP contribution in [0.2, 0.25) is 0 Å². The van der Waals surface area contributed by atoms with Gasteiger partial charge in [0.15, 0.2) is 21.3 Å². The van der Waals surface area contributed by atoms with Gasteiger partial charge in [0, 0.05) is 24.8 Å². The van der Waals surface area contributed by atoms with Crippen molar-refractivity contribution in [1.29, 1.82) is 0 Å². The summed E-state index contributed by atoms with van der Waals surface area (Å²) >= 11 is 0. The molecule has 32 heavy (non-hydrogen) atoms. The molecule has 1 aromatic rings. The highest BCUT2D eigenvalue weighted by Gasteiger charge is 2.22. The maximum atomic E-state index is 11.8. The molecule has 1 aromatic carbocycles. The van der Waals surface area contributed by atoms with Gasteiger partial charge in [-0.25, -0.2) is 8.42 Å². The highest BCUT2D eigenvalue weighted by molar-refractivity contribution is 7.91. The molecule has 0 bridgehead atoms. The van der Waals surface area contributed by atoms with E-state index < -0.39 is 9.84 Å². The van der Waals surface area contributed by atoms with E-state index in [0.29, 0.717) is 26.3 Å². The minimum Gasteiger partial charge on any atom is -0.490 e. The minimum absolute atomic E-state index is 0.219. The van der Waals surface area contributed by atoms with E-state index in [1.807, 2.05) is 18.2 Å². The molecule has 0 amide bonds. The largest absolute Gasteiger partial charge is 0.490 e. The molecule has 0 aliphatic carbocycles. The van der Waals surface area contributed by atoms with E-state index in [0.717, 1.165) is 30.0 Å². The summed E-state index contributed by atoms with van der Waals surface area (Å²) in [6.07, 6.45) is 14.8. The van der Waals surface area contributed by atoms with Crippen molar-refractivity contribution in [3.05, 3.63) is 18.2 Å². The summed E-state index contributed by atoms with van der Waals surface area (Å²) in [5.41, 5.74) is 1.02. The Morgan fingerprint density at radius 3 is 1.78 bits per heavy atom. The molecule has 0 atom stereocenters. The van der Waals surface area contributed by atoms with Gasteiger partial charge in [0.05, 0.1) is 24.7 Å². The molecule has 0 unspecified atom stereocenters. The van der Waals surface area contributed by atoms with Crippen molar-refractivity contribution in [1.82, 2.24) is 0 Å². The molecule has 1 aliphatic rings. The minimum atomic E-state index is -2.89. The SMILES string of the molecule is CCCCCCCCOc1ccc(N2CCS(=O)(=O)CC2)cc1OCCCCCCCC.